The van der Waals surface area contributed by atoms with Gasteiger partial charge in [-0.1, -0.05) is 26.7 Å². The van der Waals surface area contributed by atoms with Crippen molar-refractivity contribution in [2.75, 3.05) is 13.1 Å². The van der Waals surface area contributed by atoms with Gasteiger partial charge in [0.1, 0.15) is 0 Å². The standard InChI is InChI=1S/C12H23NO/c1-3-5-9-13(10-6-4-2)12(14)11-7-8-11/h11H,3-10H2,1-2H3. The number of carbonyl (C=O) groups excluding carboxylic acids is 1. The minimum Gasteiger partial charge on any atom is -0.342 e. The van der Waals surface area contributed by atoms with E-state index in [9.17, 15) is 4.79 Å². The molecule has 0 radical (unpaired) electrons. The molecule has 82 valence electrons. The van der Waals surface area contributed by atoms with E-state index in [1.54, 1.807) is 0 Å². The summed E-state index contributed by atoms with van der Waals surface area (Å²) in [6.07, 6.45) is 6.94. The Morgan fingerprint density at radius 3 is 2.00 bits per heavy atom. The number of unbranched alkanes of at least 4 members (excludes halogenated alkanes) is 2. The summed E-state index contributed by atoms with van der Waals surface area (Å²) >= 11 is 0. The Kier molecular flexibility index (Phi) is 4.99. The van der Waals surface area contributed by atoms with E-state index < -0.39 is 0 Å². The van der Waals surface area contributed by atoms with E-state index >= 15 is 0 Å². The minimum atomic E-state index is 0.392. The van der Waals surface area contributed by atoms with Gasteiger partial charge in [-0.2, -0.15) is 0 Å². The van der Waals surface area contributed by atoms with Crippen molar-refractivity contribution < 1.29 is 4.79 Å². The van der Waals surface area contributed by atoms with Gasteiger partial charge in [-0.25, -0.2) is 0 Å². The van der Waals surface area contributed by atoms with Crippen LogP contribution in [0.1, 0.15) is 52.4 Å². The van der Waals surface area contributed by atoms with Crippen LogP contribution in [0.25, 0.3) is 0 Å². The first-order valence-electron chi connectivity index (χ1n) is 6.08. The van der Waals surface area contributed by atoms with Gasteiger partial charge in [-0.3, -0.25) is 4.79 Å². The monoisotopic (exact) mass is 197 g/mol. The van der Waals surface area contributed by atoms with Gasteiger partial charge >= 0.3 is 0 Å². The first-order valence-corrected chi connectivity index (χ1v) is 6.08. The zero-order valence-electron chi connectivity index (χ0n) is 9.59. The molecular formula is C12H23NO. The van der Waals surface area contributed by atoms with Gasteiger partial charge in [0.25, 0.3) is 0 Å². The average molecular weight is 197 g/mol. The quantitative estimate of drug-likeness (QED) is 0.614. The van der Waals surface area contributed by atoms with Crippen LogP contribution in [0.3, 0.4) is 0 Å². The molecule has 0 aromatic heterocycles. The zero-order chi connectivity index (χ0) is 10.4. The molecule has 0 aromatic carbocycles. The van der Waals surface area contributed by atoms with Gasteiger partial charge in [0, 0.05) is 19.0 Å². The molecular weight excluding hydrogens is 174 g/mol. The fraction of sp³-hybridized carbons (Fsp3) is 0.917. The molecule has 0 aromatic rings. The molecule has 1 amide bonds. The number of hydrogen-bond donors (Lipinski definition) is 0. The maximum Gasteiger partial charge on any atom is 0.225 e. The number of nitrogens with zero attached hydrogens (tertiary/aromatic N) is 1. The molecule has 0 heterocycles. The van der Waals surface area contributed by atoms with Crippen LogP contribution in [0.5, 0.6) is 0 Å². The van der Waals surface area contributed by atoms with Crippen molar-refractivity contribution >= 4 is 5.91 Å². The number of rotatable bonds is 7. The van der Waals surface area contributed by atoms with E-state index in [0.29, 0.717) is 11.8 Å². The second-order valence-corrected chi connectivity index (χ2v) is 4.31. The van der Waals surface area contributed by atoms with Crippen molar-refractivity contribution in [3.63, 3.8) is 0 Å². The smallest absolute Gasteiger partial charge is 0.225 e. The van der Waals surface area contributed by atoms with Gasteiger partial charge in [0.2, 0.25) is 5.91 Å². The van der Waals surface area contributed by atoms with Crippen LogP contribution in [0.2, 0.25) is 0 Å². The Bertz CT molecular complexity index is 167. The lowest BCUT2D eigenvalue weighted by Gasteiger charge is -2.22. The summed E-state index contributed by atoms with van der Waals surface area (Å²) in [6, 6.07) is 0. The fourth-order valence-corrected chi connectivity index (χ4v) is 1.62. The molecule has 0 bridgehead atoms. The fourth-order valence-electron chi connectivity index (χ4n) is 1.62. The lowest BCUT2D eigenvalue weighted by molar-refractivity contribution is -0.132. The molecule has 0 unspecified atom stereocenters. The van der Waals surface area contributed by atoms with Gasteiger partial charge in [-0.05, 0) is 25.7 Å². The molecule has 2 heteroatoms. The second-order valence-electron chi connectivity index (χ2n) is 4.31. The predicted octanol–water partition coefficient (Wildman–Crippen LogP) is 2.83. The third-order valence-corrected chi connectivity index (χ3v) is 2.80. The Morgan fingerprint density at radius 2 is 1.64 bits per heavy atom. The van der Waals surface area contributed by atoms with Crippen LogP contribution in [-0.2, 0) is 4.79 Å². The first kappa shape index (κ1) is 11.5. The molecule has 0 aliphatic heterocycles. The van der Waals surface area contributed by atoms with Gasteiger partial charge < -0.3 is 4.90 Å². The SMILES string of the molecule is CCCCN(CCCC)C(=O)C1CC1. The van der Waals surface area contributed by atoms with Gasteiger partial charge in [-0.15, -0.1) is 0 Å². The van der Waals surface area contributed by atoms with Crippen molar-refractivity contribution in [2.45, 2.75) is 52.4 Å². The summed E-state index contributed by atoms with van der Waals surface area (Å²) in [5, 5.41) is 0. The van der Waals surface area contributed by atoms with Crippen molar-refractivity contribution in [1.82, 2.24) is 4.90 Å². The van der Waals surface area contributed by atoms with Crippen LogP contribution in [0, 0.1) is 5.92 Å². The highest BCUT2D eigenvalue weighted by atomic mass is 16.2. The number of hydrogen-bond acceptors (Lipinski definition) is 1. The Hall–Kier alpha value is -0.530. The topological polar surface area (TPSA) is 20.3 Å². The summed E-state index contributed by atoms with van der Waals surface area (Å²) < 4.78 is 0. The number of amides is 1. The lowest BCUT2D eigenvalue weighted by Crippen LogP contribution is -2.34. The Labute approximate surface area is 87.7 Å². The Morgan fingerprint density at radius 1 is 1.14 bits per heavy atom. The van der Waals surface area contributed by atoms with E-state index in [1.165, 1.54) is 12.8 Å². The molecule has 1 aliphatic carbocycles. The highest BCUT2D eigenvalue weighted by molar-refractivity contribution is 5.81. The van der Waals surface area contributed by atoms with E-state index in [2.05, 4.69) is 18.7 Å². The maximum absolute atomic E-state index is 11.8. The number of carbonyl (C=O) groups is 1. The third-order valence-electron chi connectivity index (χ3n) is 2.80. The van der Waals surface area contributed by atoms with Crippen LogP contribution in [0.4, 0.5) is 0 Å². The zero-order valence-corrected chi connectivity index (χ0v) is 9.59. The molecule has 2 nitrogen and oxygen atoms in total. The summed E-state index contributed by atoms with van der Waals surface area (Å²) in [5.41, 5.74) is 0. The second kappa shape index (κ2) is 6.05. The van der Waals surface area contributed by atoms with E-state index in [4.69, 9.17) is 0 Å². The van der Waals surface area contributed by atoms with Crippen LogP contribution < -0.4 is 0 Å². The molecule has 0 saturated heterocycles. The van der Waals surface area contributed by atoms with Crippen LogP contribution in [-0.4, -0.2) is 23.9 Å². The van der Waals surface area contributed by atoms with Crippen molar-refractivity contribution in [3.05, 3.63) is 0 Å². The van der Waals surface area contributed by atoms with E-state index in [-0.39, 0.29) is 0 Å². The Balaban J connectivity index is 2.29. The molecule has 0 N–H and O–H groups in total. The normalized spacial score (nSPS) is 15.6. The molecule has 0 atom stereocenters. The minimum absolute atomic E-state index is 0.392. The molecule has 1 rings (SSSR count). The predicted molar refractivity (Wildman–Crippen MR) is 59.1 cm³/mol. The first-order chi connectivity index (χ1) is 6.79. The molecule has 1 aliphatic rings. The molecule has 14 heavy (non-hydrogen) atoms. The lowest BCUT2D eigenvalue weighted by atomic mass is 10.2. The third kappa shape index (κ3) is 3.69. The van der Waals surface area contributed by atoms with Crippen LogP contribution in [0.15, 0.2) is 0 Å². The largest absolute Gasteiger partial charge is 0.342 e. The summed E-state index contributed by atoms with van der Waals surface area (Å²) in [6.45, 7) is 6.32. The summed E-state index contributed by atoms with van der Waals surface area (Å²) in [5.74, 6) is 0.815. The van der Waals surface area contributed by atoms with Crippen molar-refractivity contribution in [3.8, 4) is 0 Å². The highest BCUT2D eigenvalue weighted by Gasteiger charge is 2.32. The van der Waals surface area contributed by atoms with Gasteiger partial charge in [0.15, 0.2) is 0 Å². The molecule has 1 fully saturated rings. The molecule has 0 spiro atoms. The van der Waals surface area contributed by atoms with Crippen molar-refractivity contribution in [2.24, 2.45) is 5.92 Å². The highest BCUT2D eigenvalue weighted by Crippen LogP contribution is 2.31. The summed E-state index contributed by atoms with van der Waals surface area (Å²) in [4.78, 5) is 13.9. The van der Waals surface area contributed by atoms with Crippen molar-refractivity contribution in [1.29, 1.82) is 0 Å². The molecule has 1 saturated carbocycles. The van der Waals surface area contributed by atoms with Gasteiger partial charge in [0.05, 0.1) is 0 Å². The van der Waals surface area contributed by atoms with Crippen LogP contribution >= 0.6 is 0 Å². The average Bonchev–Trinajstić information content (AvgIpc) is 3.00. The van der Waals surface area contributed by atoms with E-state index in [0.717, 1.165) is 38.8 Å². The van der Waals surface area contributed by atoms with E-state index in [1.807, 2.05) is 0 Å². The maximum atomic E-state index is 11.8. The summed E-state index contributed by atoms with van der Waals surface area (Å²) in [7, 11) is 0.